The van der Waals surface area contributed by atoms with Gasteiger partial charge in [-0.3, -0.25) is 0 Å². The minimum absolute atomic E-state index is 0.576. The zero-order chi connectivity index (χ0) is 10.0. The van der Waals surface area contributed by atoms with Crippen molar-refractivity contribution in [2.24, 2.45) is 0 Å². The predicted octanol–water partition coefficient (Wildman–Crippen LogP) is 1.50. The molecule has 13 heavy (non-hydrogen) atoms. The number of hydrogen-bond acceptors (Lipinski definition) is 3. The van der Waals surface area contributed by atoms with Gasteiger partial charge in [-0.15, -0.1) is 0 Å². The van der Waals surface area contributed by atoms with Crippen LogP contribution < -0.4 is 4.90 Å². The normalized spacial score (nSPS) is 12.5. The Morgan fingerprint density at radius 1 is 1.62 bits per heavy atom. The van der Waals surface area contributed by atoms with E-state index in [1.54, 1.807) is 31.0 Å². The van der Waals surface area contributed by atoms with Gasteiger partial charge in [0.05, 0.1) is 0 Å². The Labute approximate surface area is 76.8 Å². The Balaban J connectivity index is 2.78. The van der Waals surface area contributed by atoms with Crippen LogP contribution in [0.25, 0.3) is 0 Å². The lowest BCUT2D eigenvalue weighted by molar-refractivity contribution is -0.138. The highest BCUT2D eigenvalue weighted by molar-refractivity contribution is 5.76. The molecule has 4 nitrogen and oxygen atoms in total. The van der Waals surface area contributed by atoms with Crippen molar-refractivity contribution in [3.05, 3.63) is 17.9 Å². The summed E-state index contributed by atoms with van der Waals surface area (Å²) in [5.41, 5.74) is 0. The van der Waals surface area contributed by atoms with Crippen molar-refractivity contribution in [2.75, 3.05) is 11.9 Å². The molecule has 0 aliphatic heterocycles. The molecule has 0 spiro atoms. The third-order valence-electron chi connectivity index (χ3n) is 2.01. The molecule has 0 radical (unpaired) electrons. The number of hydrogen-bond donors (Lipinski definition) is 1. The van der Waals surface area contributed by atoms with Crippen molar-refractivity contribution in [3.8, 4) is 0 Å². The van der Waals surface area contributed by atoms with E-state index in [0.29, 0.717) is 5.88 Å². The number of furan rings is 1. The van der Waals surface area contributed by atoms with Crippen molar-refractivity contribution >= 4 is 11.9 Å². The van der Waals surface area contributed by atoms with Crippen LogP contribution in [0, 0.1) is 6.92 Å². The van der Waals surface area contributed by atoms with E-state index in [2.05, 4.69) is 0 Å². The van der Waals surface area contributed by atoms with Crippen molar-refractivity contribution in [1.29, 1.82) is 0 Å². The van der Waals surface area contributed by atoms with Crippen LogP contribution >= 0.6 is 0 Å². The average Bonchev–Trinajstić information content (AvgIpc) is 2.49. The first-order valence-electron chi connectivity index (χ1n) is 4.04. The van der Waals surface area contributed by atoms with Gasteiger partial charge in [-0.25, -0.2) is 4.79 Å². The molecular formula is C9H13NO3. The topological polar surface area (TPSA) is 53.7 Å². The van der Waals surface area contributed by atoms with Crippen LogP contribution in [0.5, 0.6) is 0 Å². The molecule has 1 aromatic heterocycles. The summed E-state index contributed by atoms with van der Waals surface area (Å²) >= 11 is 0. The number of carboxylic acid groups (broad SMARTS) is 1. The molecule has 0 aliphatic rings. The minimum atomic E-state index is -0.864. The van der Waals surface area contributed by atoms with Gasteiger partial charge in [0, 0.05) is 13.1 Å². The van der Waals surface area contributed by atoms with Crippen molar-refractivity contribution in [3.63, 3.8) is 0 Å². The number of aryl methyl sites for hydroxylation is 1. The molecule has 0 fully saturated rings. The van der Waals surface area contributed by atoms with Crippen LogP contribution in [0.2, 0.25) is 0 Å². The molecule has 0 aromatic carbocycles. The molecule has 1 heterocycles. The van der Waals surface area contributed by atoms with Gasteiger partial charge in [-0.05, 0) is 19.9 Å². The Morgan fingerprint density at radius 2 is 2.23 bits per heavy atom. The number of likely N-dealkylation sites (N-methyl/N-ethyl adjacent to an activating group) is 1. The van der Waals surface area contributed by atoms with E-state index in [0.717, 1.165) is 5.76 Å². The molecular weight excluding hydrogens is 170 g/mol. The standard InChI is InChI=1S/C9H13NO3/c1-6-4-5-8(13-6)10(3)7(2)9(11)12/h4-5,7H,1-3H3,(H,11,12). The summed E-state index contributed by atoms with van der Waals surface area (Å²) < 4.78 is 5.28. The first kappa shape index (κ1) is 9.64. The maximum absolute atomic E-state index is 10.6. The summed E-state index contributed by atoms with van der Waals surface area (Å²) in [5.74, 6) is 0.489. The molecule has 1 unspecified atom stereocenters. The highest BCUT2D eigenvalue weighted by Crippen LogP contribution is 2.18. The first-order valence-corrected chi connectivity index (χ1v) is 4.04. The maximum atomic E-state index is 10.6. The summed E-state index contributed by atoms with van der Waals surface area (Å²) in [5, 5.41) is 8.74. The van der Waals surface area contributed by atoms with Crippen molar-refractivity contribution in [1.82, 2.24) is 0 Å². The van der Waals surface area contributed by atoms with Gasteiger partial charge < -0.3 is 14.4 Å². The van der Waals surface area contributed by atoms with Crippen molar-refractivity contribution < 1.29 is 14.3 Å². The molecule has 0 saturated heterocycles. The molecule has 0 aliphatic carbocycles. The van der Waals surface area contributed by atoms with Gasteiger partial charge in [0.15, 0.2) is 5.88 Å². The Hall–Kier alpha value is -1.45. The molecule has 1 atom stereocenters. The fraction of sp³-hybridized carbons (Fsp3) is 0.444. The summed E-state index contributed by atoms with van der Waals surface area (Å²) in [6, 6.07) is 2.99. The number of anilines is 1. The van der Waals surface area contributed by atoms with E-state index in [1.807, 2.05) is 6.92 Å². The number of aliphatic carboxylic acids is 1. The van der Waals surface area contributed by atoms with Gasteiger partial charge in [-0.1, -0.05) is 0 Å². The average molecular weight is 183 g/mol. The van der Waals surface area contributed by atoms with E-state index in [-0.39, 0.29) is 0 Å². The number of carbonyl (C=O) groups is 1. The largest absolute Gasteiger partial charge is 0.480 e. The lowest BCUT2D eigenvalue weighted by Crippen LogP contribution is -2.35. The Morgan fingerprint density at radius 3 is 2.62 bits per heavy atom. The van der Waals surface area contributed by atoms with Crippen LogP contribution in [0.3, 0.4) is 0 Å². The van der Waals surface area contributed by atoms with E-state index in [1.165, 1.54) is 0 Å². The van der Waals surface area contributed by atoms with Gasteiger partial charge in [-0.2, -0.15) is 0 Å². The molecule has 1 rings (SSSR count). The van der Waals surface area contributed by atoms with Crippen LogP contribution in [-0.2, 0) is 4.79 Å². The maximum Gasteiger partial charge on any atom is 0.326 e. The summed E-state index contributed by atoms with van der Waals surface area (Å²) in [6.45, 7) is 3.43. The van der Waals surface area contributed by atoms with Gasteiger partial charge >= 0.3 is 5.97 Å². The fourth-order valence-corrected chi connectivity index (χ4v) is 0.968. The van der Waals surface area contributed by atoms with E-state index >= 15 is 0 Å². The summed E-state index contributed by atoms with van der Waals surface area (Å²) in [7, 11) is 1.69. The van der Waals surface area contributed by atoms with Gasteiger partial charge in [0.2, 0.25) is 0 Å². The van der Waals surface area contributed by atoms with Gasteiger partial charge in [0.25, 0.3) is 0 Å². The second-order valence-corrected chi connectivity index (χ2v) is 3.01. The van der Waals surface area contributed by atoms with Crippen LogP contribution in [0.4, 0.5) is 5.88 Å². The molecule has 0 bridgehead atoms. The second-order valence-electron chi connectivity index (χ2n) is 3.01. The van der Waals surface area contributed by atoms with Crippen molar-refractivity contribution in [2.45, 2.75) is 19.9 Å². The minimum Gasteiger partial charge on any atom is -0.480 e. The molecule has 1 aromatic rings. The zero-order valence-corrected chi connectivity index (χ0v) is 7.94. The molecule has 4 heteroatoms. The molecule has 0 amide bonds. The first-order chi connectivity index (χ1) is 6.02. The van der Waals surface area contributed by atoms with Gasteiger partial charge in [0.1, 0.15) is 11.8 Å². The highest BCUT2D eigenvalue weighted by atomic mass is 16.4. The van der Waals surface area contributed by atoms with E-state index < -0.39 is 12.0 Å². The number of rotatable bonds is 3. The highest BCUT2D eigenvalue weighted by Gasteiger charge is 2.18. The summed E-state index contributed by atoms with van der Waals surface area (Å²) in [6.07, 6.45) is 0. The lowest BCUT2D eigenvalue weighted by atomic mass is 10.3. The third-order valence-corrected chi connectivity index (χ3v) is 2.01. The van der Waals surface area contributed by atoms with E-state index in [4.69, 9.17) is 9.52 Å². The predicted molar refractivity (Wildman–Crippen MR) is 48.9 cm³/mol. The fourth-order valence-electron chi connectivity index (χ4n) is 0.968. The van der Waals surface area contributed by atoms with E-state index in [9.17, 15) is 4.79 Å². The lowest BCUT2D eigenvalue weighted by Gasteiger charge is -2.20. The molecule has 1 N–H and O–H groups in total. The van der Waals surface area contributed by atoms with Crippen LogP contribution in [-0.4, -0.2) is 24.2 Å². The quantitative estimate of drug-likeness (QED) is 0.771. The molecule has 72 valence electrons. The summed E-state index contributed by atoms with van der Waals surface area (Å²) in [4.78, 5) is 12.2. The number of nitrogens with zero attached hydrogens (tertiary/aromatic N) is 1. The Kier molecular flexibility index (Phi) is 2.60. The van der Waals surface area contributed by atoms with Crippen LogP contribution in [0.15, 0.2) is 16.5 Å². The SMILES string of the molecule is Cc1ccc(N(C)C(C)C(=O)O)o1. The Bertz CT molecular complexity index is 306. The number of carboxylic acids is 1. The molecule has 0 saturated carbocycles. The zero-order valence-electron chi connectivity index (χ0n) is 7.94. The third kappa shape index (κ3) is 2.02. The second kappa shape index (κ2) is 3.51. The monoisotopic (exact) mass is 183 g/mol. The smallest absolute Gasteiger partial charge is 0.326 e. The van der Waals surface area contributed by atoms with Crippen LogP contribution in [0.1, 0.15) is 12.7 Å².